The summed E-state index contributed by atoms with van der Waals surface area (Å²) < 4.78 is 17.4. The van der Waals surface area contributed by atoms with Crippen molar-refractivity contribution in [3.63, 3.8) is 0 Å². The first-order valence-corrected chi connectivity index (χ1v) is 8.07. The average molecular weight is 329 g/mol. The largest absolute Gasteiger partial charge is 0.493 e. The number of rotatable bonds is 4. The number of ether oxygens (including phenoxy) is 3. The van der Waals surface area contributed by atoms with Crippen LogP contribution in [-0.4, -0.2) is 26.3 Å². The van der Waals surface area contributed by atoms with Gasteiger partial charge in [-0.2, -0.15) is 0 Å². The topological polar surface area (TPSA) is 40.6 Å². The minimum absolute atomic E-state index is 0.590. The molecule has 4 nitrogen and oxygen atoms in total. The van der Waals surface area contributed by atoms with Gasteiger partial charge in [0.2, 0.25) is 5.75 Å². The molecule has 0 amide bonds. The third-order valence-electron chi connectivity index (χ3n) is 3.74. The van der Waals surface area contributed by atoms with Crippen molar-refractivity contribution in [1.82, 2.24) is 4.98 Å². The van der Waals surface area contributed by atoms with Crippen LogP contribution in [0.1, 0.15) is 11.1 Å². The van der Waals surface area contributed by atoms with Gasteiger partial charge in [-0.25, -0.2) is 4.98 Å². The molecule has 0 spiro atoms. The Hall–Kier alpha value is -2.27. The first kappa shape index (κ1) is 15.6. The summed E-state index contributed by atoms with van der Waals surface area (Å²) in [4.78, 5) is 4.80. The van der Waals surface area contributed by atoms with Crippen LogP contribution in [-0.2, 0) is 0 Å². The molecule has 23 heavy (non-hydrogen) atoms. The van der Waals surface area contributed by atoms with Crippen molar-refractivity contribution >= 4 is 21.6 Å². The molecule has 1 heterocycles. The zero-order valence-electron chi connectivity index (χ0n) is 13.9. The Morgan fingerprint density at radius 3 is 2.09 bits per heavy atom. The molecule has 5 heteroatoms. The second kappa shape index (κ2) is 6.08. The van der Waals surface area contributed by atoms with E-state index < -0.39 is 0 Å². The van der Waals surface area contributed by atoms with Crippen LogP contribution in [0.2, 0.25) is 0 Å². The Bertz CT molecular complexity index is 845. The summed E-state index contributed by atoms with van der Waals surface area (Å²) in [5, 5.41) is 0.938. The highest BCUT2D eigenvalue weighted by molar-refractivity contribution is 7.21. The molecule has 0 aliphatic heterocycles. The molecule has 0 fully saturated rings. The summed E-state index contributed by atoms with van der Waals surface area (Å²) in [5.41, 5.74) is 4.44. The summed E-state index contributed by atoms with van der Waals surface area (Å²) in [6.45, 7) is 4.19. The van der Waals surface area contributed by atoms with Crippen molar-refractivity contribution in [1.29, 1.82) is 0 Å². The molecular weight excluding hydrogens is 310 g/mol. The van der Waals surface area contributed by atoms with Crippen molar-refractivity contribution in [3.05, 3.63) is 35.4 Å². The van der Waals surface area contributed by atoms with Crippen molar-refractivity contribution in [2.75, 3.05) is 21.3 Å². The van der Waals surface area contributed by atoms with Gasteiger partial charge in [0, 0.05) is 5.56 Å². The lowest BCUT2D eigenvalue weighted by Crippen LogP contribution is -1.95. The molecule has 0 aliphatic rings. The smallest absolute Gasteiger partial charge is 0.203 e. The van der Waals surface area contributed by atoms with E-state index in [0.29, 0.717) is 17.2 Å². The number of methoxy groups -OCH3 is 3. The van der Waals surface area contributed by atoms with E-state index in [2.05, 4.69) is 26.0 Å². The number of thiazole rings is 1. The van der Waals surface area contributed by atoms with Gasteiger partial charge in [-0.15, -0.1) is 11.3 Å². The molecule has 3 aromatic rings. The molecule has 3 rings (SSSR count). The van der Waals surface area contributed by atoms with Crippen LogP contribution in [0.5, 0.6) is 17.2 Å². The maximum atomic E-state index is 5.43. The van der Waals surface area contributed by atoms with Crippen molar-refractivity contribution in [2.45, 2.75) is 13.8 Å². The molecule has 120 valence electrons. The monoisotopic (exact) mass is 329 g/mol. The lowest BCUT2D eigenvalue weighted by atomic mass is 10.1. The van der Waals surface area contributed by atoms with Crippen LogP contribution in [0.15, 0.2) is 24.3 Å². The van der Waals surface area contributed by atoms with E-state index >= 15 is 0 Å². The Balaban J connectivity index is 2.20. The number of hydrogen-bond donors (Lipinski definition) is 0. The van der Waals surface area contributed by atoms with E-state index in [9.17, 15) is 0 Å². The molecule has 0 unspecified atom stereocenters. The summed E-state index contributed by atoms with van der Waals surface area (Å²) >= 11 is 1.67. The highest BCUT2D eigenvalue weighted by Crippen LogP contribution is 2.42. The van der Waals surface area contributed by atoms with Gasteiger partial charge in [-0.05, 0) is 43.2 Å². The Labute approximate surface area is 139 Å². The van der Waals surface area contributed by atoms with Crippen molar-refractivity contribution in [3.8, 4) is 27.8 Å². The highest BCUT2D eigenvalue weighted by atomic mass is 32.1. The number of hydrogen-bond acceptors (Lipinski definition) is 5. The van der Waals surface area contributed by atoms with Crippen molar-refractivity contribution < 1.29 is 14.2 Å². The quantitative estimate of drug-likeness (QED) is 0.701. The summed E-state index contributed by atoms with van der Waals surface area (Å²) in [6, 6.07) is 8.19. The van der Waals surface area contributed by atoms with Gasteiger partial charge < -0.3 is 14.2 Å². The molecule has 0 radical (unpaired) electrons. The fourth-order valence-corrected chi connectivity index (χ4v) is 3.83. The Morgan fingerprint density at radius 1 is 0.870 bits per heavy atom. The highest BCUT2D eigenvalue weighted by Gasteiger charge is 2.16. The van der Waals surface area contributed by atoms with Crippen LogP contribution in [0, 0.1) is 13.8 Å². The van der Waals surface area contributed by atoms with E-state index in [4.69, 9.17) is 19.2 Å². The summed E-state index contributed by atoms with van der Waals surface area (Å²) in [5.74, 6) is 1.86. The van der Waals surface area contributed by atoms with Gasteiger partial charge in [0.15, 0.2) is 11.5 Å². The van der Waals surface area contributed by atoms with Gasteiger partial charge in [-0.3, -0.25) is 0 Å². The van der Waals surface area contributed by atoms with Gasteiger partial charge in [0.05, 0.1) is 31.5 Å². The van der Waals surface area contributed by atoms with Gasteiger partial charge in [0.25, 0.3) is 0 Å². The predicted molar refractivity (Wildman–Crippen MR) is 94.2 cm³/mol. The minimum atomic E-state index is 0.590. The second-order valence-electron chi connectivity index (χ2n) is 5.36. The molecule has 0 saturated carbocycles. The van der Waals surface area contributed by atoms with Crippen molar-refractivity contribution in [2.24, 2.45) is 0 Å². The van der Waals surface area contributed by atoms with Crippen LogP contribution in [0.3, 0.4) is 0 Å². The van der Waals surface area contributed by atoms with Gasteiger partial charge in [0.1, 0.15) is 5.01 Å². The van der Waals surface area contributed by atoms with Crippen LogP contribution in [0.4, 0.5) is 0 Å². The van der Waals surface area contributed by atoms with E-state index in [0.717, 1.165) is 16.1 Å². The van der Waals surface area contributed by atoms with Gasteiger partial charge >= 0.3 is 0 Å². The van der Waals surface area contributed by atoms with Gasteiger partial charge in [-0.1, -0.05) is 6.07 Å². The average Bonchev–Trinajstić information content (AvgIpc) is 2.97. The number of aryl methyl sites for hydroxylation is 2. The first-order chi connectivity index (χ1) is 11.1. The van der Waals surface area contributed by atoms with Crippen LogP contribution >= 0.6 is 11.3 Å². The minimum Gasteiger partial charge on any atom is -0.493 e. The second-order valence-corrected chi connectivity index (χ2v) is 6.39. The Kier molecular flexibility index (Phi) is 4.13. The lowest BCUT2D eigenvalue weighted by Gasteiger charge is -2.13. The van der Waals surface area contributed by atoms with E-state index in [-0.39, 0.29) is 0 Å². The summed E-state index contributed by atoms with van der Waals surface area (Å²) in [7, 11) is 4.84. The standard InChI is InChI=1S/C18H19NO3S/c1-10-6-11(2)16-15(7-10)23-18(19-16)12-8-13(20-3)17(22-5)14(9-12)21-4/h6-9H,1-5H3. The molecular formula is C18H19NO3S. The molecule has 0 N–H and O–H groups in total. The maximum absolute atomic E-state index is 5.43. The number of benzene rings is 2. The maximum Gasteiger partial charge on any atom is 0.203 e. The number of fused-ring (bicyclic) bond motifs is 1. The Morgan fingerprint density at radius 2 is 1.52 bits per heavy atom. The third kappa shape index (κ3) is 2.72. The molecule has 1 aromatic heterocycles. The molecule has 0 bridgehead atoms. The number of aromatic nitrogens is 1. The molecule has 0 aliphatic carbocycles. The van der Waals surface area contributed by atoms with E-state index in [1.807, 2.05) is 12.1 Å². The fourth-order valence-electron chi connectivity index (χ4n) is 2.70. The van der Waals surface area contributed by atoms with Crippen LogP contribution < -0.4 is 14.2 Å². The third-order valence-corrected chi connectivity index (χ3v) is 4.79. The summed E-state index contributed by atoms with van der Waals surface area (Å²) in [6.07, 6.45) is 0. The SMILES string of the molecule is COc1cc(-c2nc3c(C)cc(C)cc3s2)cc(OC)c1OC. The van der Waals surface area contributed by atoms with E-state index in [1.54, 1.807) is 32.7 Å². The number of nitrogens with zero attached hydrogens (tertiary/aromatic N) is 1. The molecule has 0 saturated heterocycles. The first-order valence-electron chi connectivity index (χ1n) is 7.25. The zero-order valence-corrected chi connectivity index (χ0v) is 14.7. The molecule has 0 atom stereocenters. The zero-order chi connectivity index (χ0) is 16.6. The molecule has 2 aromatic carbocycles. The normalized spacial score (nSPS) is 10.8. The fraction of sp³-hybridized carbons (Fsp3) is 0.278. The lowest BCUT2D eigenvalue weighted by molar-refractivity contribution is 0.324. The van der Waals surface area contributed by atoms with E-state index in [1.165, 1.54) is 15.8 Å². The predicted octanol–water partition coefficient (Wildman–Crippen LogP) is 4.61. The van der Waals surface area contributed by atoms with Crippen LogP contribution in [0.25, 0.3) is 20.8 Å².